The SMILES string of the molecule is Cc1cccc(CSc2cc(NN)nc(C3CC3)n2)c1. The van der Waals surface area contributed by atoms with Gasteiger partial charge in [-0.25, -0.2) is 15.8 Å². The molecule has 2 aromatic rings. The Hall–Kier alpha value is -1.59. The Morgan fingerprint density at radius 3 is 2.85 bits per heavy atom. The lowest BCUT2D eigenvalue weighted by atomic mass is 10.2. The van der Waals surface area contributed by atoms with E-state index < -0.39 is 0 Å². The molecule has 1 aromatic carbocycles. The average Bonchev–Trinajstić information content (AvgIpc) is 3.29. The monoisotopic (exact) mass is 286 g/mol. The average molecular weight is 286 g/mol. The molecule has 0 atom stereocenters. The summed E-state index contributed by atoms with van der Waals surface area (Å²) in [6.07, 6.45) is 2.38. The fourth-order valence-corrected chi connectivity index (χ4v) is 2.92. The molecular weight excluding hydrogens is 268 g/mol. The lowest BCUT2D eigenvalue weighted by Crippen LogP contribution is -2.10. The lowest BCUT2D eigenvalue weighted by molar-refractivity contribution is 0.878. The maximum Gasteiger partial charge on any atom is 0.144 e. The molecule has 1 saturated carbocycles. The summed E-state index contributed by atoms with van der Waals surface area (Å²) in [6, 6.07) is 10.5. The van der Waals surface area contributed by atoms with Gasteiger partial charge in [0.25, 0.3) is 0 Å². The third-order valence-corrected chi connectivity index (χ3v) is 4.26. The fourth-order valence-electron chi connectivity index (χ4n) is 2.07. The number of aromatic nitrogens is 2. The minimum atomic E-state index is 0.529. The van der Waals surface area contributed by atoms with Crippen LogP contribution in [0, 0.1) is 6.92 Å². The molecule has 1 heterocycles. The Bertz CT molecular complexity index is 611. The third-order valence-electron chi connectivity index (χ3n) is 3.28. The van der Waals surface area contributed by atoms with Crippen molar-refractivity contribution in [2.75, 3.05) is 5.43 Å². The normalized spacial score (nSPS) is 14.3. The Morgan fingerprint density at radius 1 is 1.30 bits per heavy atom. The first-order valence-electron chi connectivity index (χ1n) is 6.78. The van der Waals surface area contributed by atoms with Crippen LogP contribution in [0.4, 0.5) is 5.82 Å². The quantitative estimate of drug-likeness (QED) is 0.382. The second kappa shape index (κ2) is 5.81. The summed E-state index contributed by atoms with van der Waals surface area (Å²) in [5, 5.41) is 0.983. The van der Waals surface area contributed by atoms with Gasteiger partial charge < -0.3 is 5.43 Å². The Morgan fingerprint density at radius 2 is 2.15 bits per heavy atom. The zero-order valence-electron chi connectivity index (χ0n) is 11.5. The van der Waals surface area contributed by atoms with Gasteiger partial charge in [0, 0.05) is 17.7 Å². The van der Waals surface area contributed by atoms with Gasteiger partial charge in [0.2, 0.25) is 0 Å². The van der Waals surface area contributed by atoms with Crippen molar-refractivity contribution in [1.82, 2.24) is 9.97 Å². The highest BCUT2D eigenvalue weighted by atomic mass is 32.2. The van der Waals surface area contributed by atoms with Crippen LogP contribution in [0.1, 0.15) is 35.7 Å². The van der Waals surface area contributed by atoms with Crippen LogP contribution in [0.2, 0.25) is 0 Å². The first-order chi connectivity index (χ1) is 9.74. The van der Waals surface area contributed by atoms with Crippen LogP contribution in [-0.4, -0.2) is 9.97 Å². The molecule has 0 saturated heterocycles. The Kier molecular flexibility index (Phi) is 3.89. The number of thioether (sulfide) groups is 1. The minimum Gasteiger partial charge on any atom is -0.308 e. The van der Waals surface area contributed by atoms with Crippen molar-refractivity contribution in [2.24, 2.45) is 5.84 Å². The summed E-state index contributed by atoms with van der Waals surface area (Å²) >= 11 is 1.72. The van der Waals surface area contributed by atoms with Crippen LogP contribution in [-0.2, 0) is 5.75 Å². The van der Waals surface area contributed by atoms with E-state index in [-0.39, 0.29) is 0 Å². The van der Waals surface area contributed by atoms with Crippen molar-refractivity contribution in [3.63, 3.8) is 0 Å². The smallest absolute Gasteiger partial charge is 0.144 e. The number of anilines is 1. The predicted octanol–water partition coefficient (Wildman–Crippen LogP) is 3.24. The van der Waals surface area contributed by atoms with E-state index in [1.807, 2.05) is 6.07 Å². The number of nitrogens with one attached hydrogen (secondary N) is 1. The largest absolute Gasteiger partial charge is 0.308 e. The van der Waals surface area contributed by atoms with Crippen LogP contribution in [0.25, 0.3) is 0 Å². The summed E-state index contributed by atoms with van der Waals surface area (Å²) in [4.78, 5) is 9.06. The highest BCUT2D eigenvalue weighted by molar-refractivity contribution is 7.98. The molecular formula is C15H18N4S. The van der Waals surface area contributed by atoms with Crippen molar-refractivity contribution in [3.05, 3.63) is 47.3 Å². The zero-order chi connectivity index (χ0) is 13.9. The standard InChI is InChI=1S/C15H18N4S/c1-10-3-2-4-11(7-10)9-20-14-8-13(19-16)17-15(18-14)12-5-6-12/h2-4,7-8,12H,5-6,9,16H2,1H3,(H,17,18,19). The second-order valence-corrected chi connectivity index (χ2v) is 6.14. The number of nitrogens with zero attached hydrogens (tertiary/aromatic N) is 2. The number of nitrogen functional groups attached to an aromatic ring is 1. The molecule has 0 unspecified atom stereocenters. The van der Waals surface area contributed by atoms with Gasteiger partial charge in [-0.05, 0) is 25.3 Å². The van der Waals surface area contributed by atoms with Crippen molar-refractivity contribution < 1.29 is 0 Å². The molecule has 4 nitrogen and oxygen atoms in total. The number of nitrogens with two attached hydrogens (primary N) is 1. The van der Waals surface area contributed by atoms with Gasteiger partial charge in [0.05, 0.1) is 0 Å². The van der Waals surface area contributed by atoms with Gasteiger partial charge in [-0.1, -0.05) is 29.8 Å². The molecule has 1 fully saturated rings. The number of aryl methyl sites for hydroxylation is 1. The molecule has 5 heteroatoms. The predicted molar refractivity (Wildman–Crippen MR) is 82.6 cm³/mol. The summed E-state index contributed by atoms with van der Waals surface area (Å²) < 4.78 is 0. The van der Waals surface area contributed by atoms with E-state index in [9.17, 15) is 0 Å². The van der Waals surface area contributed by atoms with Gasteiger partial charge in [-0.3, -0.25) is 0 Å². The first-order valence-corrected chi connectivity index (χ1v) is 7.77. The molecule has 20 heavy (non-hydrogen) atoms. The van der Waals surface area contributed by atoms with Crippen LogP contribution < -0.4 is 11.3 Å². The van der Waals surface area contributed by atoms with Crippen molar-refractivity contribution in [2.45, 2.75) is 36.5 Å². The summed E-state index contributed by atoms with van der Waals surface area (Å²) in [7, 11) is 0. The highest BCUT2D eigenvalue weighted by Crippen LogP contribution is 2.39. The second-order valence-electron chi connectivity index (χ2n) is 5.15. The molecule has 0 aliphatic heterocycles. The van der Waals surface area contributed by atoms with Gasteiger partial charge >= 0.3 is 0 Å². The van der Waals surface area contributed by atoms with Gasteiger partial charge in [0.1, 0.15) is 16.7 Å². The van der Waals surface area contributed by atoms with Crippen molar-refractivity contribution >= 4 is 17.6 Å². The highest BCUT2D eigenvalue weighted by Gasteiger charge is 2.27. The number of benzene rings is 1. The van der Waals surface area contributed by atoms with Gasteiger partial charge in [-0.15, -0.1) is 11.8 Å². The molecule has 1 aliphatic rings. The number of rotatable bonds is 5. The Balaban J connectivity index is 1.74. The van der Waals surface area contributed by atoms with Crippen LogP contribution in [0.15, 0.2) is 35.4 Å². The van der Waals surface area contributed by atoms with Crippen molar-refractivity contribution in [3.8, 4) is 0 Å². The summed E-state index contributed by atoms with van der Waals surface area (Å²) in [6.45, 7) is 2.11. The fraction of sp³-hybridized carbons (Fsp3) is 0.333. The lowest BCUT2D eigenvalue weighted by Gasteiger charge is -2.07. The van der Waals surface area contributed by atoms with Crippen molar-refractivity contribution in [1.29, 1.82) is 0 Å². The molecule has 0 bridgehead atoms. The zero-order valence-corrected chi connectivity index (χ0v) is 12.3. The van der Waals surface area contributed by atoms with E-state index >= 15 is 0 Å². The maximum atomic E-state index is 5.49. The summed E-state index contributed by atoms with van der Waals surface area (Å²) in [5.41, 5.74) is 5.23. The summed E-state index contributed by atoms with van der Waals surface area (Å²) in [5.74, 6) is 8.55. The number of hydrogen-bond acceptors (Lipinski definition) is 5. The van der Waals surface area contributed by atoms with E-state index in [2.05, 4.69) is 46.6 Å². The molecule has 104 valence electrons. The van der Waals surface area contributed by atoms with E-state index in [0.717, 1.165) is 16.6 Å². The topological polar surface area (TPSA) is 63.8 Å². The van der Waals surface area contributed by atoms with Crippen LogP contribution in [0.3, 0.4) is 0 Å². The van der Waals surface area contributed by atoms with Crippen LogP contribution >= 0.6 is 11.8 Å². The third kappa shape index (κ3) is 3.29. The maximum absolute atomic E-state index is 5.49. The van der Waals surface area contributed by atoms with Gasteiger partial charge in [-0.2, -0.15) is 0 Å². The Labute approximate surface area is 123 Å². The van der Waals surface area contributed by atoms with E-state index in [1.165, 1.54) is 24.0 Å². The molecule has 0 spiro atoms. The van der Waals surface area contributed by atoms with E-state index in [0.29, 0.717) is 11.7 Å². The minimum absolute atomic E-state index is 0.529. The molecule has 3 rings (SSSR count). The molecule has 3 N–H and O–H groups in total. The number of hydrazine groups is 1. The van der Waals surface area contributed by atoms with E-state index in [1.54, 1.807) is 11.8 Å². The molecule has 1 aromatic heterocycles. The molecule has 1 aliphatic carbocycles. The first kappa shape index (κ1) is 13.4. The molecule has 0 amide bonds. The van der Waals surface area contributed by atoms with Gasteiger partial charge in [0.15, 0.2) is 0 Å². The van der Waals surface area contributed by atoms with Crippen LogP contribution in [0.5, 0.6) is 0 Å². The number of hydrogen-bond donors (Lipinski definition) is 2. The molecule has 0 radical (unpaired) electrons. The van der Waals surface area contributed by atoms with E-state index in [4.69, 9.17) is 5.84 Å².